The number of benzene rings is 1. The first-order chi connectivity index (χ1) is 9.72. The minimum Gasteiger partial charge on any atom is -0.313 e. The average Bonchev–Trinajstić information content (AvgIpc) is 2.88. The van der Waals surface area contributed by atoms with Gasteiger partial charge in [-0.05, 0) is 49.5 Å². The van der Waals surface area contributed by atoms with Gasteiger partial charge in [-0.1, -0.05) is 47.0 Å². The summed E-state index contributed by atoms with van der Waals surface area (Å²) in [6, 6.07) is 9.42. The SMILES string of the molecule is CSC1(CNC2CC(c3ccccc3Br)C2)CCCC1. The van der Waals surface area contributed by atoms with Gasteiger partial charge in [0.2, 0.25) is 0 Å². The zero-order valence-electron chi connectivity index (χ0n) is 12.2. The second-order valence-corrected chi connectivity index (χ2v) is 8.49. The van der Waals surface area contributed by atoms with Crippen molar-refractivity contribution in [3.63, 3.8) is 0 Å². The Morgan fingerprint density at radius 1 is 1.25 bits per heavy atom. The van der Waals surface area contributed by atoms with Crippen molar-refractivity contribution in [3.05, 3.63) is 34.3 Å². The van der Waals surface area contributed by atoms with Crippen LogP contribution in [0.15, 0.2) is 28.7 Å². The Bertz CT molecular complexity index is 450. The summed E-state index contributed by atoms with van der Waals surface area (Å²) in [5.41, 5.74) is 1.49. The number of hydrogen-bond donors (Lipinski definition) is 1. The summed E-state index contributed by atoms with van der Waals surface area (Å²) in [4.78, 5) is 0. The first kappa shape index (κ1) is 14.9. The highest BCUT2D eigenvalue weighted by molar-refractivity contribution is 9.10. The molecule has 3 heteroatoms. The first-order valence-corrected chi connectivity index (χ1v) is 9.77. The lowest BCUT2D eigenvalue weighted by atomic mass is 9.75. The molecule has 2 fully saturated rings. The normalized spacial score (nSPS) is 28.3. The maximum absolute atomic E-state index is 3.84. The lowest BCUT2D eigenvalue weighted by Gasteiger charge is -2.39. The average molecular weight is 354 g/mol. The van der Waals surface area contributed by atoms with Crippen molar-refractivity contribution in [1.82, 2.24) is 5.32 Å². The molecule has 110 valence electrons. The van der Waals surface area contributed by atoms with Crippen LogP contribution in [0.1, 0.15) is 50.0 Å². The fraction of sp³-hybridized carbons (Fsp3) is 0.647. The quantitative estimate of drug-likeness (QED) is 0.802. The molecule has 0 heterocycles. The van der Waals surface area contributed by atoms with Gasteiger partial charge < -0.3 is 5.32 Å². The predicted octanol–water partition coefficient (Wildman–Crippen LogP) is 4.96. The van der Waals surface area contributed by atoms with Crippen LogP contribution in [0, 0.1) is 0 Å². The summed E-state index contributed by atoms with van der Waals surface area (Å²) in [5, 5.41) is 3.84. The molecule has 0 bridgehead atoms. The molecule has 0 radical (unpaired) electrons. The molecule has 2 saturated carbocycles. The third-order valence-electron chi connectivity index (χ3n) is 5.14. The Kier molecular flexibility index (Phi) is 4.79. The molecule has 0 unspecified atom stereocenters. The van der Waals surface area contributed by atoms with Gasteiger partial charge in [-0.3, -0.25) is 0 Å². The highest BCUT2D eigenvalue weighted by atomic mass is 79.9. The number of thioether (sulfide) groups is 1. The van der Waals surface area contributed by atoms with Crippen molar-refractivity contribution < 1.29 is 0 Å². The minimum atomic E-state index is 0.540. The maximum atomic E-state index is 3.84. The van der Waals surface area contributed by atoms with Crippen molar-refractivity contribution in [1.29, 1.82) is 0 Å². The van der Waals surface area contributed by atoms with Gasteiger partial charge in [0.05, 0.1) is 0 Å². The molecule has 1 aromatic rings. The molecule has 20 heavy (non-hydrogen) atoms. The van der Waals surface area contributed by atoms with Gasteiger partial charge in [0.15, 0.2) is 0 Å². The molecule has 1 N–H and O–H groups in total. The molecule has 0 aromatic heterocycles. The number of halogens is 1. The Morgan fingerprint density at radius 2 is 1.95 bits per heavy atom. The van der Waals surface area contributed by atoms with Crippen LogP contribution in [0.3, 0.4) is 0 Å². The van der Waals surface area contributed by atoms with Crippen molar-refractivity contribution in [2.24, 2.45) is 0 Å². The highest BCUT2D eigenvalue weighted by Crippen LogP contribution is 2.42. The molecule has 2 aliphatic carbocycles. The largest absolute Gasteiger partial charge is 0.313 e. The monoisotopic (exact) mass is 353 g/mol. The van der Waals surface area contributed by atoms with Gasteiger partial charge >= 0.3 is 0 Å². The number of rotatable bonds is 5. The topological polar surface area (TPSA) is 12.0 Å². The summed E-state index contributed by atoms with van der Waals surface area (Å²) in [7, 11) is 0. The van der Waals surface area contributed by atoms with Gasteiger partial charge in [-0.2, -0.15) is 11.8 Å². The summed E-state index contributed by atoms with van der Waals surface area (Å²) in [5.74, 6) is 0.747. The molecule has 0 amide bonds. The zero-order chi connectivity index (χ0) is 14.0. The second-order valence-electron chi connectivity index (χ2n) is 6.36. The van der Waals surface area contributed by atoms with E-state index in [4.69, 9.17) is 0 Å². The van der Waals surface area contributed by atoms with Crippen LogP contribution in [0.2, 0.25) is 0 Å². The fourth-order valence-corrected chi connectivity index (χ4v) is 5.18. The van der Waals surface area contributed by atoms with E-state index < -0.39 is 0 Å². The van der Waals surface area contributed by atoms with Crippen LogP contribution in [-0.2, 0) is 0 Å². The van der Waals surface area contributed by atoms with Crippen LogP contribution >= 0.6 is 27.7 Å². The van der Waals surface area contributed by atoms with Crippen LogP contribution in [0.5, 0.6) is 0 Å². The number of hydrogen-bond acceptors (Lipinski definition) is 2. The van der Waals surface area contributed by atoms with Crippen LogP contribution < -0.4 is 5.32 Å². The second kappa shape index (κ2) is 6.41. The molecular weight excluding hydrogens is 330 g/mol. The molecule has 0 atom stereocenters. The van der Waals surface area contributed by atoms with Gasteiger partial charge in [0, 0.05) is 21.8 Å². The highest BCUT2D eigenvalue weighted by Gasteiger charge is 2.36. The lowest BCUT2D eigenvalue weighted by molar-refractivity contribution is 0.281. The van der Waals surface area contributed by atoms with Crippen molar-refractivity contribution in [2.75, 3.05) is 12.8 Å². The molecular formula is C17H24BrNS. The van der Waals surface area contributed by atoms with Crippen molar-refractivity contribution in [3.8, 4) is 0 Å². The van der Waals surface area contributed by atoms with Crippen LogP contribution in [0.4, 0.5) is 0 Å². The van der Waals surface area contributed by atoms with Crippen LogP contribution in [-0.4, -0.2) is 23.6 Å². The van der Waals surface area contributed by atoms with Crippen molar-refractivity contribution >= 4 is 27.7 Å². The Hall–Kier alpha value is 0.01000. The summed E-state index contributed by atoms with van der Waals surface area (Å²) < 4.78 is 1.82. The molecule has 2 aliphatic rings. The van der Waals surface area contributed by atoms with E-state index in [1.54, 1.807) is 0 Å². The van der Waals surface area contributed by atoms with E-state index in [-0.39, 0.29) is 0 Å². The molecule has 3 rings (SSSR count). The molecule has 0 saturated heterocycles. The summed E-state index contributed by atoms with van der Waals surface area (Å²) >= 11 is 5.77. The van der Waals surface area contributed by atoms with Gasteiger partial charge in [-0.15, -0.1) is 0 Å². The van der Waals surface area contributed by atoms with Gasteiger partial charge in [0.1, 0.15) is 0 Å². The Labute approximate surface area is 135 Å². The molecule has 1 nitrogen and oxygen atoms in total. The third kappa shape index (κ3) is 3.10. The van der Waals surface area contributed by atoms with E-state index in [1.165, 1.54) is 55.1 Å². The van der Waals surface area contributed by atoms with E-state index >= 15 is 0 Å². The first-order valence-electron chi connectivity index (χ1n) is 7.75. The van der Waals surface area contributed by atoms with E-state index in [2.05, 4.69) is 63.5 Å². The smallest absolute Gasteiger partial charge is 0.0281 e. The van der Waals surface area contributed by atoms with E-state index in [0.29, 0.717) is 4.75 Å². The fourth-order valence-electron chi connectivity index (χ4n) is 3.65. The predicted molar refractivity (Wildman–Crippen MR) is 92.6 cm³/mol. The molecule has 0 spiro atoms. The molecule has 0 aliphatic heterocycles. The van der Waals surface area contributed by atoms with Crippen molar-refractivity contribution in [2.45, 2.75) is 55.2 Å². The summed E-state index contributed by atoms with van der Waals surface area (Å²) in [6.45, 7) is 1.21. The Balaban J connectivity index is 1.48. The molecule has 1 aromatic carbocycles. The standard InChI is InChI=1S/C17H24BrNS/c1-20-17(8-4-5-9-17)12-19-14-10-13(11-14)15-6-2-3-7-16(15)18/h2-3,6-7,13-14,19H,4-5,8-12H2,1H3. The maximum Gasteiger partial charge on any atom is 0.0281 e. The van der Waals surface area contributed by atoms with E-state index in [9.17, 15) is 0 Å². The van der Waals surface area contributed by atoms with Gasteiger partial charge in [-0.25, -0.2) is 0 Å². The van der Waals surface area contributed by atoms with E-state index in [1.807, 2.05) is 0 Å². The third-order valence-corrected chi connectivity index (χ3v) is 7.28. The number of nitrogens with one attached hydrogen (secondary N) is 1. The van der Waals surface area contributed by atoms with Gasteiger partial charge in [0.25, 0.3) is 0 Å². The Morgan fingerprint density at radius 3 is 2.60 bits per heavy atom. The van der Waals surface area contributed by atoms with Crippen LogP contribution in [0.25, 0.3) is 0 Å². The summed E-state index contributed by atoms with van der Waals surface area (Å²) in [6.07, 6.45) is 10.5. The minimum absolute atomic E-state index is 0.540. The lowest BCUT2D eigenvalue weighted by Crippen LogP contribution is -2.46. The van der Waals surface area contributed by atoms with E-state index in [0.717, 1.165) is 12.0 Å². The zero-order valence-corrected chi connectivity index (χ0v) is 14.6.